The van der Waals surface area contributed by atoms with Gasteiger partial charge in [-0.2, -0.15) is 0 Å². The number of hydrogen-bond donors (Lipinski definition) is 0. The van der Waals surface area contributed by atoms with Crippen molar-refractivity contribution in [2.24, 2.45) is 7.05 Å². The summed E-state index contributed by atoms with van der Waals surface area (Å²) in [5, 5.41) is 45.8. The number of nitrogens with zero attached hydrogens (tertiary/aromatic N) is 5. The van der Waals surface area contributed by atoms with E-state index in [9.17, 15) is 40.5 Å². The van der Waals surface area contributed by atoms with Crippen LogP contribution in [0.25, 0.3) is 0 Å². The van der Waals surface area contributed by atoms with Gasteiger partial charge in [0.15, 0.2) is 11.9 Å². The lowest BCUT2D eigenvalue weighted by Crippen LogP contribution is -2.35. The van der Waals surface area contributed by atoms with Crippen LogP contribution in [0, 0.1) is 40.5 Å². The molecule has 0 radical (unpaired) electrons. The van der Waals surface area contributed by atoms with Crippen molar-refractivity contribution >= 4 is 22.7 Å². The fourth-order valence-electron chi connectivity index (χ4n) is 3.42. The molecule has 32 heavy (non-hydrogen) atoms. The Morgan fingerprint density at radius 3 is 1.53 bits per heavy atom. The van der Waals surface area contributed by atoms with E-state index in [4.69, 9.17) is 0 Å². The molecule has 3 rings (SSSR count). The fourth-order valence-corrected chi connectivity index (χ4v) is 3.42. The summed E-state index contributed by atoms with van der Waals surface area (Å²) in [6, 6.07) is 10.9. The SMILES string of the molecule is C[n+]1ccccc1C(c1ccc([N+](=O)[O-])cc1[N+](=O)[O-])c1ccc([N+](=O)[O-])cc1[N+](=O)[O-]. The molecule has 0 fully saturated rings. The average Bonchev–Trinajstić information content (AvgIpc) is 2.75. The van der Waals surface area contributed by atoms with Gasteiger partial charge in [-0.1, -0.05) is 6.07 Å². The monoisotopic (exact) mass is 440 g/mol. The predicted molar refractivity (Wildman–Crippen MR) is 108 cm³/mol. The molecule has 0 amide bonds. The Hall–Kier alpha value is -4.81. The number of nitro groups is 4. The maximum atomic E-state index is 11.8. The van der Waals surface area contributed by atoms with Crippen molar-refractivity contribution in [3.05, 3.63) is 118 Å². The van der Waals surface area contributed by atoms with Crippen molar-refractivity contribution in [2.75, 3.05) is 0 Å². The minimum atomic E-state index is -1.12. The van der Waals surface area contributed by atoms with E-state index >= 15 is 0 Å². The van der Waals surface area contributed by atoms with Gasteiger partial charge >= 0.3 is 0 Å². The highest BCUT2D eigenvalue weighted by Crippen LogP contribution is 2.41. The molecule has 0 aliphatic carbocycles. The number of aromatic nitrogens is 1. The first kappa shape index (κ1) is 21.9. The van der Waals surface area contributed by atoms with Crippen LogP contribution < -0.4 is 4.57 Å². The first-order chi connectivity index (χ1) is 15.1. The van der Waals surface area contributed by atoms with Gasteiger partial charge in [-0.25, -0.2) is 4.57 Å². The highest BCUT2D eigenvalue weighted by atomic mass is 16.6. The average molecular weight is 440 g/mol. The van der Waals surface area contributed by atoms with Gasteiger partial charge < -0.3 is 0 Å². The van der Waals surface area contributed by atoms with Crippen LogP contribution in [-0.4, -0.2) is 19.7 Å². The van der Waals surface area contributed by atoms with Gasteiger partial charge in [-0.3, -0.25) is 40.5 Å². The normalized spacial score (nSPS) is 10.7. The highest BCUT2D eigenvalue weighted by Gasteiger charge is 2.37. The molecule has 1 heterocycles. The van der Waals surface area contributed by atoms with Crippen LogP contribution in [0.1, 0.15) is 22.7 Å². The lowest BCUT2D eigenvalue weighted by molar-refractivity contribution is -0.679. The summed E-state index contributed by atoms with van der Waals surface area (Å²) < 4.78 is 1.58. The summed E-state index contributed by atoms with van der Waals surface area (Å²) in [4.78, 5) is 42.6. The number of nitro benzene ring substituents is 4. The Labute approximate surface area is 178 Å². The van der Waals surface area contributed by atoms with Crippen LogP contribution in [0.2, 0.25) is 0 Å². The third-order valence-electron chi connectivity index (χ3n) is 4.86. The Balaban J connectivity index is 2.40. The number of non-ortho nitro benzene ring substituents is 2. The van der Waals surface area contributed by atoms with E-state index in [1.165, 1.54) is 12.1 Å². The first-order valence-electron chi connectivity index (χ1n) is 8.91. The maximum absolute atomic E-state index is 11.8. The number of aryl methyl sites for hydroxylation is 1. The molecular weight excluding hydrogens is 426 g/mol. The molecule has 0 spiro atoms. The molecular formula is C19H14N5O8+. The molecule has 0 aliphatic rings. The highest BCUT2D eigenvalue weighted by molar-refractivity contribution is 5.60. The number of pyridine rings is 1. The minimum absolute atomic E-state index is 0.0423. The van der Waals surface area contributed by atoms with E-state index in [0.29, 0.717) is 5.69 Å². The van der Waals surface area contributed by atoms with Gasteiger partial charge in [-0.15, -0.1) is 0 Å². The van der Waals surface area contributed by atoms with Crippen molar-refractivity contribution < 1.29 is 24.3 Å². The molecule has 3 aromatic rings. The lowest BCUT2D eigenvalue weighted by atomic mass is 9.85. The van der Waals surface area contributed by atoms with E-state index < -0.39 is 48.4 Å². The molecule has 0 saturated carbocycles. The summed E-state index contributed by atoms with van der Waals surface area (Å²) in [5.74, 6) is -1.12. The third-order valence-corrected chi connectivity index (χ3v) is 4.86. The van der Waals surface area contributed by atoms with Crippen molar-refractivity contribution in [3.8, 4) is 0 Å². The zero-order valence-electron chi connectivity index (χ0n) is 16.4. The smallest absolute Gasteiger partial charge is 0.258 e. The second-order valence-corrected chi connectivity index (χ2v) is 6.68. The molecule has 13 heteroatoms. The van der Waals surface area contributed by atoms with Gasteiger partial charge in [0.25, 0.3) is 22.7 Å². The largest absolute Gasteiger partial charge is 0.280 e. The molecule has 1 aromatic heterocycles. The summed E-state index contributed by atoms with van der Waals surface area (Å²) in [6.45, 7) is 0. The van der Waals surface area contributed by atoms with Crippen molar-refractivity contribution in [1.82, 2.24) is 0 Å². The molecule has 0 atom stereocenters. The predicted octanol–water partition coefficient (Wildman–Crippen LogP) is 3.32. The topological polar surface area (TPSA) is 176 Å². The van der Waals surface area contributed by atoms with Crippen LogP contribution in [0.5, 0.6) is 0 Å². The molecule has 2 aromatic carbocycles. The van der Waals surface area contributed by atoms with Crippen LogP contribution >= 0.6 is 0 Å². The Bertz CT molecular complexity index is 1200. The van der Waals surface area contributed by atoms with E-state index in [-0.39, 0.29) is 11.1 Å². The van der Waals surface area contributed by atoms with Crippen molar-refractivity contribution in [2.45, 2.75) is 5.92 Å². The molecule has 0 saturated heterocycles. The summed E-state index contributed by atoms with van der Waals surface area (Å²) >= 11 is 0. The minimum Gasteiger partial charge on any atom is -0.258 e. The summed E-state index contributed by atoms with van der Waals surface area (Å²) in [5.41, 5.74) is -1.95. The Morgan fingerprint density at radius 1 is 0.688 bits per heavy atom. The fraction of sp³-hybridized carbons (Fsp3) is 0.105. The molecule has 0 unspecified atom stereocenters. The first-order valence-corrected chi connectivity index (χ1v) is 8.91. The van der Waals surface area contributed by atoms with Crippen molar-refractivity contribution in [1.29, 1.82) is 0 Å². The molecule has 13 nitrogen and oxygen atoms in total. The summed E-state index contributed by atoms with van der Waals surface area (Å²) in [6.07, 6.45) is 1.62. The zero-order valence-corrected chi connectivity index (χ0v) is 16.4. The number of hydrogen-bond acceptors (Lipinski definition) is 8. The molecule has 0 aliphatic heterocycles. The number of rotatable bonds is 7. The van der Waals surface area contributed by atoms with Gasteiger partial charge in [0.05, 0.1) is 31.8 Å². The Kier molecular flexibility index (Phi) is 5.82. The van der Waals surface area contributed by atoms with Crippen LogP contribution in [0.3, 0.4) is 0 Å². The molecule has 162 valence electrons. The summed E-state index contributed by atoms with van der Waals surface area (Å²) in [7, 11) is 1.62. The van der Waals surface area contributed by atoms with Crippen molar-refractivity contribution in [3.63, 3.8) is 0 Å². The van der Waals surface area contributed by atoms with E-state index in [0.717, 1.165) is 24.3 Å². The van der Waals surface area contributed by atoms with Gasteiger partial charge in [0.1, 0.15) is 13.0 Å². The molecule has 0 bridgehead atoms. The van der Waals surface area contributed by atoms with Crippen LogP contribution in [0.15, 0.2) is 60.8 Å². The van der Waals surface area contributed by atoms with Gasteiger partial charge in [0.2, 0.25) is 0 Å². The second-order valence-electron chi connectivity index (χ2n) is 6.68. The Morgan fingerprint density at radius 2 is 1.16 bits per heavy atom. The standard InChI is InChI=1S/C19H14N5O8/c1-20-9-3-2-4-16(20)19(14-7-5-12(21(25)26)10-17(14)23(29)30)15-8-6-13(22(27)28)11-18(15)24(31)32/h2-11,19H,1H3/q+1. The van der Waals surface area contributed by atoms with Gasteiger partial charge in [-0.05, 0) is 12.1 Å². The number of benzene rings is 2. The van der Waals surface area contributed by atoms with E-state index in [1.54, 1.807) is 36.0 Å². The van der Waals surface area contributed by atoms with E-state index in [1.807, 2.05) is 0 Å². The molecule has 0 N–H and O–H groups in total. The van der Waals surface area contributed by atoms with Crippen LogP contribution in [0.4, 0.5) is 22.7 Å². The maximum Gasteiger partial charge on any atom is 0.280 e. The van der Waals surface area contributed by atoms with Crippen LogP contribution in [-0.2, 0) is 7.05 Å². The van der Waals surface area contributed by atoms with Gasteiger partial charge in [0, 0.05) is 35.4 Å². The quantitative estimate of drug-likeness (QED) is 0.305. The third kappa shape index (κ3) is 4.07. The zero-order chi connectivity index (χ0) is 23.6. The lowest BCUT2D eigenvalue weighted by Gasteiger charge is -2.16. The second kappa shape index (κ2) is 8.51. The van der Waals surface area contributed by atoms with E-state index in [2.05, 4.69) is 0 Å².